The normalized spacial score (nSPS) is 14.0. The van der Waals surface area contributed by atoms with Gasteiger partial charge < -0.3 is 5.41 Å². The minimum absolute atomic E-state index is 0.164. The smallest absolute Gasteiger partial charge is 0.161 e. The van der Waals surface area contributed by atoms with Crippen molar-refractivity contribution >= 4 is 15.5 Å². The lowest BCUT2D eigenvalue weighted by molar-refractivity contribution is 0.563. The van der Waals surface area contributed by atoms with Crippen molar-refractivity contribution in [3.8, 4) is 0 Å². The molecule has 0 amide bonds. The highest BCUT2D eigenvalue weighted by atomic mass is 32.2. The maximum absolute atomic E-state index is 13.9. The van der Waals surface area contributed by atoms with Gasteiger partial charge in [0.05, 0.1) is 5.75 Å². The molecule has 1 unspecified atom stereocenters. The Bertz CT molecular complexity index is 636. The maximum Gasteiger partial charge on any atom is 0.161 e. The Balaban J connectivity index is 3.09. The summed E-state index contributed by atoms with van der Waals surface area (Å²) in [6, 6.07) is 4.72. The Morgan fingerprint density at radius 2 is 1.95 bits per heavy atom. The molecule has 0 fully saturated rings. The van der Waals surface area contributed by atoms with E-state index < -0.39 is 20.5 Å². The molecule has 0 aliphatic carbocycles. The summed E-state index contributed by atoms with van der Waals surface area (Å²) >= 11 is 0. The fourth-order valence-corrected chi connectivity index (χ4v) is 4.06. The molecule has 21 heavy (non-hydrogen) atoms. The van der Waals surface area contributed by atoms with Gasteiger partial charge in [-0.25, -0.2) is 12.8 Å². The molecule has 0 aromatic heterocycles. The standard InChI is InChI=1S/C16H24FNO2S/c1-6-15(18)16(4,5)21(19,20)10-12(3)13-9-11(2)7-8-14(13)17/h7-9,12,18H,6,10H2,1-5H3. The van der Waals surface area contributed by atoms with E-state index >= 15 is 0 Å². The fraction of sp³-hybridized carbons (Fsp3) is 0.562. The van der Waals surface area contributed by atoms with Crippen LogP contribution in [0.4, 0.5) is 4.39 Å². The predicted molar refractivity (Wildman–Crippen MR) is 85.4 cm³/mol. The van der Waals surface area contributed by atoms with Crippen LogP contribution in [0, 0.1) is 18.2 Å². The van der Waals surface area contributed by atoms with E-state index in [2.05, 4.69) is 0 Å². The van der Waals surface area contributed by atoms with E-state index in [9.17, 15) is 12.8 Å². The van der Waals surface area contributed by atoms with Gasteiger partial charge in [-0.15, -0.1) is 0 Å². The van der Waals surface area contributed by atoms with Crippen molar-refractivity contribution in [2.45, 2.75) is 51.7 Å². The summed E-state index contributed by atoms with van der Waals surface area (Å²) in [5.74, 6) is -0.992. The minimum Gasteiger partial charge on any atom is -0.308 e. The van der Waals surface area contributed by atoms with Gasteiger partial charge >= 0.3 is 0 Å². The molecule has 0 heterocycles. The van der Waals surface area contributed by atoms with Gasteiger partial charge in [0.1, 0.15) is 10.6 Å². The van der Waals surface area contributed by atoms with Crippen LogP contribution in [0.25, 0.3) is 0 Å². The molecule has 0 bridgehead atoms. The van der Waals surface area contributed by atoms with Crippen molar-refractivity contribution < 1.29 is 12.8 Å². The van der Waals surface area contributed by atoms with Crippen LogP contribution in [0.15, 0.2) is 18.2 Å². The molecule has 0 aliphatic rings. The zero-order chi connectivity index (χ0) is 16.4. The SMILES string of the molecule is CCC(=N)C(C)(C)S(=O)(=O)CC(C)c1cc(C)ccc1F. The Labute approximate surface area is 127 Å². The molecule has 118 valence electrons. The van der Waals surface area contributed by atoms with E-state index in [0.29, 0.717) is 12.0 Å². The summed E-state index contributed by atoms with van der Waals surface area (Å²) in [6.07, 6.45) is 0.388. The summed E-state index contributed by atoms with van der Waals surface area (Å²) in [7, 11) is -3.54. The first-order valence-corrected chi connectivity index (χ1v) is 8.74. The Morgan fingerprint density at radius 3 is 2.48 bits per heavy atom. The number of hydrogen-bond donors (Lipinski definition) is 1. The summed E-state index contributed by atoms with van der Waals surface area (Å²) in [5, 5.41) is 7.87. The molecule has 3 nitrogen and oxygen atoms in total. The van der Waals surface area contributed by atoms with Gasteiger partial charge in [-0.05, 0) is 44.7 Å². The lowest BCUT2D eigenvalue weighted by Crippen LogP contribution is -2.42. The van der Waals surface area contributed by atoms with Crippen molar-refractivity contribution in [3.05, 3.63) is 35.1 Å². The minimum atomic E-state index is -3.54. The highest BCUT2D eigenvalue weighted by Crippen LogP contribution is 2.28. The van der Waals surface area contributed by atoms with Crippen LogP contribution in [-0.4, -0.2) is 24.6 Å². The molecule has 1 atom stereocenters. The first-order chi connectivity index (χ1) is 9.52. The van der Waals surface area contributed by atoms with Crippen molar-refractivity contribution in [1.82, 2.24) is 0 Å². The third kappa shape index (κ3) is 3.70. The van der Waals surface area contributed by atoms with Crippen molar-refractivity contribution in [2.75, 3.05) is 5.75 Å². The number of benzene rings is 1. The first kappa shape index (κ1) is 17.8. The lowest BCUT2D eigenvalue weighted by atomic mass is 10.0. The van der Waals surface area contributed by atoms with Gasteiger partial charge in [-0.2, -0.15) is 0 Å². The van der Waals surface area contributed by atoms with Gasteiger partial charge in [0.2, 0.25) is 0 Å². The average Bonchev–Trinajstić information content (AvgIpc) is 2.39. The number of sulfone groups is 1. The molecule has 1 aromatic carbocycles. The molecular weight excluding hydrogens is 289 g/mol. The van der Waals surface area contributed by atoms with Crippen LogP contribution in [0.5, 0.6) is 0 Å². The maximum atomic E-state index is 13.9. The van der Waals surface area contributed by atoms with E-state index in [1.165, 1.54) is 6.07 Å². The molecule has 1 N–H and O–H groups in total. The van der Waals surface area contributed by atoms with Crippen molar-refractivity contribution in [2.24, 2.45) is 0 Å². The zero-order valence-corrected chi connectivity index (χ0v) is 14.1. The summed E-state index contributed by atoms with van der Waals surface area (Å²) in [4.78, 5) is 0. The molecule has 1 aromatic rings. The summed E-state index contributed by atoms with van der Waals surface area (Å²) in [5.41, 5.74) is 1.49. The van der Waals surface area contributed by atoms with Crippen molar-refractivity contribution in [1.29, 1.82) is 5.41 Å². The zero-order valence-electron chi connectivity index (χ0n) is 13.3. The van der Waals surface area contributed by atoms with Crippen LogP contribution in [-0.2, 0) is 9.84 Å². The van der Waals surface area contributed by atoms with E-state index in [-0.39, 0.29) is 17.3 Å². The van der Waals surface area contributed by atoms with Crippen LogP contribution in [0.3, 0.4) is 0 Å². The fourth-order valence-electron chi connectivity index (χ4n) is 2.28. The van der Waals surface area contributed by atoms with E-state index in [4.69, 9.17) is 5.41 Å². The van der Waals surface area contributed by atoms with Crippen LogP contribution < -0.4 is 0 Å². The molecule has 0 aliphatic heterocycles. The highest BCUT2D eigenvalue weighted by Gasteiger charge is 2.38. The molecule has 0 spiro atoms. The number of nitrogens with one attached hydrogen (secondary N) is 1. The third-order valence-corrected chi connectivity index (χ3v) is 6.75. The van der Waals surface area contributed by atoms with Crippen LogP contribution in [0.1, 0.15) is 51.2 Å². The lowest BCUT2D eigenvalue weighted by Gasteiger charge is -2.27. The molecule has 0 radical (unpaired) electrons. The van der Waals surface area contributed by atoms with Crippen LogP contribution in [0.2, 0.25) is 0 Å². The number of aryl methyl sites for hydroxylation is 1. The molecule has 0 saturated heterocycles. The average molecular weight is 313 g/mol. The van der Waals surface area contributed by atoms with Gasteiger partial charge in [0.25, 0.3) is 0 Å². The van der Waals surface area contributed by atoms with E-state index in [0.717, 1.165) is 5.56 Å². The molecular formula is C16H24FNO2S. The second kappa shape index (κ2) is 6.26. The van der Waals surface area contributed by atoms with E-state index in [1.54, 1.807) is 39.8 Å². The third-order valence-electron chi connectivity index (χ3n) is 4.01. The number of rotatable bonds is 6. The molecule has 1 rings (SSSR count). The Hall–Kier alpha value is -1.23. The number of hydrogen-bond acceptors (Lipinski definition) is 3. The summed E-state index contributed by atoms with van der Waals surface area (Å²) < 4.78 is 37.8. The summed E-state index contributed by atoms with van der Waals surface area (Å²) in [6.45, 7) is 8.42. The topological polar surface area (TPSA) is 58.0 Å². The van der Waals surface area contributed by atoms with Gasteiger partial charge in [-0.3, -0.25) is 0 Å². The second-order valence-corrected chi connectivity index (χ2v) is 8.63. The van der Waals surface area contributed by atoms with Gasteiger partial charge in [-0.1, -0.05) is 31.5 Å². The van der Waals surface area contributed by atoms with Crippen LogP contribution >= 0.6 is 0 Å². The monoisotopic (exact) mass is 313 g/mol. The molecule has 5 heteroatoms. The number of halogens is 1. The van der Waals surface area contributed by atoms with Gasteiger partial charge in [0, 0.05) is 5.71 Å². The second-order valence-electron chi connectivity index (χ2n) is 6.05. The first-order valence-electron chi connectivity index (χ1n) is 7.09. The Kier molecular flexibility index (Phi) is 5.31. The predicted octanol–water partition coefficient (Wildman–Crippen LogP) is 3.86. The molecule has 0 saturated carbocycles. The Morgan fingerprint density at radius 1 is 1.38 bits per heavy atom. The van der Waals surface area contributed by atoms with E-state index in [1.807, 2.05) is 6.92 Å². The van der Waals surface area contributed by atoms with Crippen molar-refractivity contribution in [3.63, 3.8) is 0 Å². The quantitative estimate of drug-likeness (QED) is 0.811. The van der Waals surface area contributed by atoms with Gasteiger partial charge in [0.15, 0.2) is 9.84 Å². The highest BCUT2D eigenvalue weighted by molar-refractivity contribution is 7.93. The largest absolute Gasteiger partial charge is 0.308 e.